The van der Waals surface area contributed by atoms with Crippen LogP contribution in [0.4, 0.5) is 5.69 Å². The largest absolute Gasteiger partial charge is 0.427 e. The Morgan fingerprint density at radius 2 is 2.14 bits per heavy atom. The number of ether oxygens (including phenoxy) is 1. The van der Waals surface area contributed by atoms with E-state index in [2.05, 4.69) is 0 Å². The predicted molar refractivity (Wildman–Crippen MR) is 49.1 cm³/mol. The summed E-state index contributed by atoms with van der Waals surface area (Å²) in [7, 11) is 0. The molecule has 0 spiro atoms. The summed E-state index contributed by atoms with van der Waals surface area (Å²) < 4.78 is 4.77. The van der Waals surface area contributed by atoms with E-state index in [9.17, 15) is 14.9 Å². The van der Waals surface area contributed by atoms with Crippen molar-refractivity contribution in [3.05, 3.63) is 33.9 Å². The Hall–Kier alpha value is -1.91. The summed E-state index contributed by atoms with van der Waals surface area (Å²) in [6, 6.07) is 4.17. The maximum absolute atomic E-state index is 10.6. The van der Waals surface area contributed by atoms with Crippen molar-refractivity contribution in [2.24, 2.45) is 0 Å². The van der Waals surface area contributed by atoms with Gasteiger partial charge in [-0.15, -0.1) is 0 Å². The number of nitro benzene ring substituents is 1. The Labute approximate surface area is 80.5 Å². The molecule has 0 saturated carbocycles. The number of aryl methyl sites for hydroxylation is 1. The van der Waals surface area contributed by atoms with Crippen molar-refractivity contribution in [2.45, 2.75) is 13.8 Å². The highest BCUT2D eigenvalue weighted by atomic mass is 16.6. The number of nitrogens with zero attached hydrogens (tertiary/aromatic N) is 1. The quantitative estimate of drug-likeness (QED) is 0.312. The van der Waals surface area contributed by atoms with Gasteiger partial charge in [0.15, 0.2) is 0 Å². The van der Waals surface area contributed by atoms with Crippen molar-refractivity contribution in [2.75, 3.05) is 0 Å². The summed E-state index contributed by atoms with van der Waals surface area (Å²) in [6.07, 6.45) is 0. The summed E-state index contributed by atoms with van der Waals surface area (Å²) in [5.74, 6) is -0.126. The third kappa shape index (κ3) is 2.29. The highest BCUT2D eigenvalue weighted by Crippen LogP contribution is 2.22. The van der Waals surface area contributed by atoms with E-state index < -0.39 is 10.9 Å². The Morgan fingerprint density at radius 1 is 1.50 bits per heavy atom. The van der Waals surface area contributed by atoms with Crippen LogP contribution in [0, 0.1) is 17.0 Å². The van der Waals surface area contributed by atoms with Crippen LogP contribution in [0.1, 0.15) is 12.5 Å². The van der Waals surface area contributed by atoms with Gasteiger partial charge in [-0.05, 0) is 19.1 Å². The first-order valence-electron chi connectivity index (χ1n) is 3.94. The highest BCUT2D eigenvalue weighted by Gasteiger charge is 2.10. The van der Waals surface area contributed by atoms with Crippen molar-refractivity contribution in [1.82, 2.24) is 0 Å². The molecular formula is C9H9NO4. The smallest absolute Gasteiger partial charge is 0.308 e. The third-order valence-electron chi connectivity index (χ3n) is 1.63. The molecule has 5 nitrogen and oxygen atoms in total. The molecule has 0 atom stereocenters. The normalized spacial score (nSPS) is 9.57. The van der Waals surface area contributed by atoms with Gasteiger partial charge in [-0.2, -0.15) is 0 Å². The second-order valence-corrected chi connectivity index (χ2v) is 2.80. The van der Waals surface area contributed by atoms with Crippen LogP contribution >= 0.6 is 0 Å². The molecule has 0 heterocycles. The average Bonchev–Trinajstić information content (AvgIpc) is 2.01. The van der Waals surface area contributed by atoms with Gasteiger partial charge in [0.1, 0.15) is 5.75 Å². The molecule has 0 aliphatic rings. The number of carbonyl (C=O) groups excluding carboxylic acids is 1. The van der Waals surface area contributed by atoms with Crippen LogP contribution in [0.2, 0.25) is 0 Å². The van der Waals surface area contributed by atoms with Gasteiger partial charge >= 0.3 is 5.97 Å². The van der Waals surface area contributed by atoms with Gasteiger partial charge in [-0.25, -0.2) is 0 Å². The van der Waals surface area contributed by atoms with Crippen LogP contribution in [-0.2, 0) is 4.79 Å². The van der Waals surface area contributed by atoms with E-state index in [1.807, 2.05) is 0 Å². The zero-order chi connectivity index (χ0) is 10.7. The lowest BCUT2D eigenvalue weighted by Crippen LogP contribution is -2.02. The zero-order valence-corrected chi connectivity index (χ0v) is 7.81. The van der Waals surface area contributed by atoms with Gasteiger partial charge in [0.05, 0.1) is 4.92 Å². The van der Waals surface area contributed by atoms with Crippen molar-refractivity contribution < 1.29 is 14.5 Å². The summed E-state index contributed by atoms with van der Waals surface area (Å²) in [5.41, 5.74) is 0.481. The van der Waals surface area contributed by atoms with E-state index in [0.717, 1.165) is 0 Å². The first kappa shape index (κ1) is 10.2. The van der Waals surface area contributed by atoms with Crippen molar-refractivity contribution in [3.8, 4) is 5.75 Å². The summed E-state index contributed by atoms with van der Waals surface area (Å²) in [6.45, 7) is 2.86. The van der Waals surface area contributed by atoms with Gasteiger partial charge in [0, 0.05) is 18.6 Å². The third-order valence-corrected chi connectivity index (χ3v) is 1.63. The van der Waals surface area contributed by atoms with E-state index in [0.29, 0.717) is 11.3 Å². The number of carbonyl (C=O) groups is 1. The number of rotatable bonds is 2. The van der Waals surface area contributed by atoms with Crippen molar-refractivity contribution in [1.29, 1.82) is 0 Å². The SMILES string of the molecule is CC(=O)Oc1ccc([N+](=O)[O-])c(C)c1. The number of benzene rings is 1. The molecule has 0 aliphatic heterocycles. The number of nitro groups is 1. The molecule has 0 amide bonds. The van der Waals surface area contributed by atoms with Gasteiger partial charge < -0.3 is 4.74 Å². The molecule has 74 valence electrons. The molecule has 0 aliphatic carbocycles. The molecule has 0 radical (unpaired) electrons. The maximum Gasteiger partial charge on any atom is 0.308 e. The van der Waals surface area contributed by atoms with E-state index >= 15 is 0 Å². The zero-order valence-electron chi connectivity index (χ0n) is 7.81. The lowest BCUT2D eigenvalue weighted by Gasteiger charge is -2.02. The summed E-state index contributed by atoms with van der Waals surface area (Å²) in [4.78, 5) is 20.6. The Balaban J connectivity index is 3.00. The fraction of sp³-hybridized carbons (Fsp3) is 0.222. The van der Waals surface area contributed by atoms with E-state index in [1.165, 1.54) is 25.1 Å². The number of hydrogen-bond acceptors (Lipinski definition) is 4. The molecule has 14 heavy (non-hydrogen) atoms. The number of esters is 1. The molecule has 1 aromatic rings. The molecule has 0 N–H and O–H groups in total. The van der Waals surface area contributed by atoms with Gasteiger partial charge in [-0.3, -0.25) is 14.9 Å². The molecule has 0 aromatic heterocycles. The van der Waals surface area contributed by atoms with Crippen LogP contribution in [0.5, 0.6) is 5.75 Å². The monoisotopic (exact) mass is 195 g/mol. The molecular weight excluding hydrogens is 186 g/mol. The van der Waals surface area contributed by atoms with Crippen LogP contribution in [0.25, 0.3) is 0 Å². The second kappa shape index (κ2) is 3.87. The van der Waals surface area contributed by atoms with Gasteiger partial charge in [0.25, 0.3) is 5.69 Å². The molecule has 0 unspecified atom stereocenters. The lowest BCUT2D eigenvalue weighted by molar-refractivity contribution is -0.385. The fourth-order valence-corrected chi connectivity index (χ4v) is 1.06. The van der Waals surface area contributed by atoms with Gasteiger partial charge in [0.2, 0.25) is 0 Å². The Morgan fingerprint density at radius 3 is 2.57 bits per heavy atom. The predicted octanol–water partition coefficient (Wildman–Crippen LogP) is 1.83. The topological polar surface area (TPSA) is 69.4 Å². The van der Waals surface area contributed by atoms with Crippen LogP contribution in [-0.4, -0.2) is 10.9 Å². The van der Waals surface area contributed by atoms with Gasteiger partial charge in [-0.1, -0.05) is 0 Å². The van der Waals surface area contributed by atoms with Crippen molar-refractivity contribution >= 4 is 11.7 Å². The first-order chi connectivity index (χ1) is 6.50. The summed E-state index contributed by atoms with van der Waals surface area (Å²) in [5, 5.41) is 10.5. The minimum absolute atomic E-state index is 0.0147. The van der Waals surface area contributed by atoms with E-state index in [1.54, 1.807) is 6.92 Å². The molecule has 0 fully saturated rings. The first-order valence-corrected chi connectivity index (χ1v) is 3.94. The minimum atomic E-state index is -0.479. The average molecular weight is 195 g/mol. The highest BCUT2D eigenvalue weighted by molar-refractivity contribution is 5.69. The molecule has 5 heteroatoms. The van der Waals surface area contributed by atoms with Crippen molar-refractivity contribution in [3.63, 3.8) is 0 Å². The fourth-order valence-electron chi connectivity index (χ4n) is 1.06. The second-order valence-electron chi connectivity index (χ2n) is 2.80. The maximum atomic E-state index is 10.6. The Kier molecular flexibility index (Phi) is 2.81. The van der Waals surface area contributed by atoms with Crippen LogP contribution in [0.15, 0.2) is 18.2 Å². The molecule has 0 bridgehead atoms. The van der Waals surface area contributed by atoms with Crippen LogP contribution < -0.4 is 4.74 Å². The summed E-state index contributed by atoms with van der Waals surface area (Å²) >= 11 is 0. The number of hydrogen-bond donors (Lipinski definition) is 0. The standard InChI is InChI=1S/C9H9NO4/c1-6-5-8(14-7(2)11)3-4-9(6)10(12)13/h3-5H,1-2H3. The van der Waals surface area contributed by atoms with E-state index in [4.69, 9.17) is 4.74 Å². The lowest BCUT2D eigenvalue weighted by atomic mass is 10.2. The van der Waals surface area contributed by atoms with E-state index in [-0.39, 0.29) is 5.69 Å². The Bertz CT molecular complexity index is 386. The van der Waals surface area contributed by atoms with Crippen LogP contribution in [0.3, 0.4) is 0 Å². The molecule has 0 saturated heterocycles. The molecule has 1 rings (SSSR count). The minimum Gasteiger partial charge on any atom is -0.427 e. The molecule has 1 aromatic carbocycles.